The monoisotopic (exact) mass is 353 g/mol. The first-order chi connectivity index (χ1) is 9.96. The molecular weight excluding hydrogens is 343 g/mol. The van der Waals surface area contributed by atoms with Gasteiger partial charge < -0.3 is 4.57 Å². The van der Waals surface area contributed by atoms with Gasteiger partial charge in [0.1, 0.15) is 4.90 Å². The Labute approximate surface area is 124 Å². The zero-order valence-corrected chi connectivity index (χ0v) is 12.7. The van der Waals surface area contributed by atoms with E-state index in [0.717, 1.165) is 10.8 Å². The Morgan fingerprint density at radius 2 is 1.50 bits per heavy atom. The zero-order chi connectivity index (χ0) is 16.8. The van der Waals surface area contributed by atoms with Gasteiger partial charge >= 0.3 is 5.51 Å². The Kier molecular flexibility index (Phi) is 3.86. The summed E-state index contributed by atoms with van der Waals surface area (Å²) in [6.45, 7) is 0. The maximum atomic E-state index is 12.7. The van der Waals surface area contributed by atoms with E-state index in [4.69, 9.17) is 0 Å². The molecule has 2 aromatic rings. The highest BCUT2D eigenvalue weighted by Crippen LogP contribution is 2.35. The second-order valence-electron chi connectivity index (χ2n) is 4.41. The summed E-state index contributed by atoms with van der Waals surface area (Å²) in [5.41, 5.74) is -5.36. The Hall–Kier alpha value is -1.81. The molecule has 22 heavy (non-hydrogen) atoms. The minimum atomic E-state index is -5.78. The van der Waals surface area contributed by atoms with Crippen LogP contribution in [0.1, 0.15) is 0 Å². The lowest BCUT2D eigenvalue weighted by molar-refractivity contribution is -0.0437. The SMILES string of the molecule is CS(=O)(=O)c1c(S(=O)(=O)C(F)(F)F)ccn1-c1ccccc1. The van der Waals surface area contributed by atoms with Gasteiger partial charge in [-0.05, 0) is 18.2 Å². The average molecular weight is 353 g/mol. The molecule has 0 atom stereocenters. The molecule has 0 aliphatic carbocycles. The fourth-order valence-corrected chi connectivity index (χ4v) is 4.44. The molecule has 0 aliphatic heterocycles. The number of nitrogens with zero attached hydrogens (tertiary/aromatic N) is 1. The lowest BCUT2D eigenvalue weighted by Crippen LogP contribution is -2.25. The number of hydrogen-bond acceptors (Lipinski definition) is 4. The van der Waals surface area contributed by atoms with Crippen molar-refractivity contribution in [3.05, 3.63) is 42.6 Å². The van der Waals surface area contributed by atoms with Crippen LogP contribution in [0.2, 0.25) is 0 Å². The van der Waals surface area contributed by atoms with Crippen molar-refractivity contribution in [2.45, 2.75) is 15.4 Å². The molecule has 0 aliphatic rings. The van der Waals surface area contributed by atoms with Gasteiger partial charge in [-0.25, -0.2) is 16.8 Å². The second-order valence-corrected chi connectivity index (χ2v) is 8.25. The van der Waals surface area contributed by atoms with Gasteiger partial charge in [0.15, 0.2) is 14.9 Å². The van der Waals surface area contributed by atoms with Crippen molar-refractivity contribution in [3.63, 3.8) is 0 Å². The molecule has 0 saturated carbocycles. The van der Waals surface area contributed by atoms with Crippen LogP contribution in [0.25, 0.3) is 5.69 Å². The van der Waals surface area contributed by atoms with Crippen molar-refractivity contribution >= 4 is 19.7 Å². The molecule has 10 heteroatoms. The second kappa shape index (κ2) is 5.13. The van der Waals surface area contributed by atoms with Gasteiger partial charge in [0.2, 0.25) is 0 Å². The first-order valence-corrected chi connectivity index (χ1v) is 9.12. The van der Waals surface area contributed by atoms with Crippen LogP contribution in [0.3, 0.4) is 0 Å². The maximum Gasteiger partial charge on any atom is 0.502 e. The van der Waals surface area contributed by atoms with E-state index in [0.29, 0.717) is 12.3 Å². The van der Waals surface area contributed by atoms with Crippen molar-refractivity contribution in [2.24, 2.45) is 0 Å². The van der Waals surface area contributed by atoms with Gasteiger partial charge in [0.25, 0.3) is 9.84 Å². The largest absolute Gasteiger partial charge is 0.502 e. The molecular formula is C12H10F3NO4S2. The summed E-state index contributed by atoms with van der Waals surface area (Å²) in [6, 6.07) is 8.22. The Morgan fingerprint density at radius 3 is 1.95 bits per heavy atom. The Balaban J connectivity index is 2.84. The normalized spacial score (nSPS) is 13.3. The van der Waals surface area contributed by atoms with Crippen LogP contribution in [-0.4, -0.2) is 33.2 Å². The van der Waals surface area contributed by atoms with E-state index in [1.807, 2.05) is 0 Å². The van der Waals surface area contributed by atoms with Gasteiger partial charge in [0.05, 0.1) is 0 Å². The minimum Gasteiger partial charge on any atom is -0.306 e. The number of rotatable bonds is 3. The van der Waals surface area contributed by atoms with Crippen LogP contribution in [0.5, 0.6) is 0 Å². The summed E-state index contributed by atoms with van der Waals surface area (Å²) in [7, 11) is -10.0. The van der Waals surface area contributed by atoms with Crippen LogP contribution in [-0.2, 0) is 19.7 Å². The average Bonchev–Trinajstić information content (AvgIpc) is 2.83. The first-order valence-electron chi connectivity index (χ1n) is 5.74. The topological polar surface area (TPSA) is 73.2 Å². The standard InChI is InChI=1S/C12H10F3NO4S2/c1-21(17,18)11-10(22(19,20)12(13,14)15)7-8-16(11)9-5-3-2-4-6-9/h2-8H,1H3. The van der Waals surface area contributed by atoms with E-state index >= 15 is 0 Å². The number of hydrogen-bond donors (Lipinski definition) is 0. The summed E-state index contributed by atoms with van der Waals surface area (Å²) in [4.78, 5) is -1.29. The van der Waals surface area contributed by atoms with Crippen molar-refractivity contribution in [1.29, 1.82) is 0 Å². The number of halogens is 3. The summed E-state index contributed by atoms with van der Waals surface area (Å²) in [5, 5.41) is -0.920. The molecule has 0 fully saturated rings. The summed E-state index contributed by atoms with van der Waals surface area (Å²) < 4.78 is 85.8. The third kappa shape index (κ3) is 2.75. The Morgan fingerprint density at radius 1 is 0.955 bits per heavy atom. The van der Waals surface area contributed by atoms with E-state index in [9.17, 15) is 30.0 Å². The van der Waals surface area contributed by atoms with E-state index in [2.05, 4.69) is 0 Å². The van der Waals surface area contributed by atoms with E-state index in [1.54, 1.807) is 18.2 Å². The maximum absolute atomic E-state index is 12.7. The molecule has 0 bridgehead atoms. The third-order valence-electron chi connectivity index (χ3n) is 2.78. The molecule has 0 amide bonds. The molecule has 1 aromatic carbocycles. The van der Waals surface area contributed by atoms with E-state index in [1.165, 1.54) is 12.1 Å². The molecule has 0 saturated heterocycles. The zero-order valence-electron chi connectivity index (χ0n) is 11.1. The molecule has 1 aromatic heterocycles. The van der Waals surface area contributed by atoms with Crippen molar-refractivity contribution in [2.75, 3.05) is 6.26 Å². The quantitative estimate of drug-likeness (QED) is 0.848. The van der Waals surface area contributed by atoms with Gasteiger partial charge in [-0.1, -0.05) is 18.2 Å². The third-order valence-corrected chi connectivity index (χ3v) is 5.55. The smallest absolute Gasteiger partial charge is 0.306 e. The summed E-state index contributed by atoms with van der Waals surface area (Å²) >= 11 is 0. The molecule has 0 spiro atoms. The van der Waals surface area contributed by atoms with Gasteiger partial charge in [-0.15, -0.1) is 0 Å². The molecule has 0 N–H and O–H groups in total. The van der Waals surface area contributed by atoms with Crippen LogP contribution < -0.4 is 0 Å². The minimum absolute atomic E-state index is 0.228. The van der Waals surface area contributed by atoms with Crippen LogP contribution in [0.15, 0.2) is 52.5 Å². The van der Waals surface area contributed by atoms with Gasteiger partial charge in [0, 0.05) is 18.1 Å². The van der Waals surface area contributed by atoms with Gasteiger partial charge in [-0.2, -0.15) is 13.2 Å². The van der Waals surface area contributed by atoms with E-state index < -0.39 is 35.1 Å². The van der Waals surface area contributed by atoms with E-state index in [-0.39, 0.29) is 5.69 Å². The molecule has 5 nitrogen and oxygen atoms in total. The molecule has 120 valence electrons. The number of benzene rings is 1. The van der Waals surface area contributed by atoms with Gasteiger partial charge in [-0.3, -0.25) is 0 Å². The summed E-state index contributed by atoms with van der Waals surface area (Å²) in [5.74, 6) is 0. The fraction of sp³-hybridized carbons (Fsp3) is 0.167. The number of para-hydroxylation sites is 1. The number of sulfone groups is 2. The first kappa shape index (κ1) is 16.6. The number of aromatic nitrogens is 1. The lowest BCUT2D eigenvalue weighted by atomic mass is 10.3. The van der Waals surface area contributed by atoms with Crippen LogP contribution in [0, 0.1) is 0 Å². The van der Waals surface area contributed by atoms with Crippen LogP contribution in [0.4, 0.5) is 13.2 Å². The van der Waals surface area contributed by atoms with Crippen molar-refractivity contribution in [3.8, 4) is 5.69 Å². The summed E-state index contributed by atoms with van der Waals surface area (Å²) in [6.07, 6.45) is 1.63. The highest BCUT2D eigenvalue weighted by Gasteiger charge is 2.49. The fourth-order valence-electron chi connectivity index (χ4n) is 1.88. The molecule has 0 unspecified atom stereocenters. The highest BCUT2D eigenvalue weighted by atomic mass is 32.2. The number of alkyl halides is 3. The molecule has 0 radical (unpaired) electrons. The lowest BCUT2D eigenvalue weighted by Gasteiger charge is -2.11. The van der Waals surface area contributed by atoms with Crippen LogP contribution >= 0.6 is 0 Å². The highest BCUT2D eigenvalue weighted by molar-refractivity contribution is 7.94. The predicted octanol–water partition coefficient (Wildman–Crippen LogP) is 2.17. The van der Waals surface area contributed by atoms with Crippen molar-refractivity contribution < 1.29 is 30.0 Å². The molecule has 2 rings (SSSR count). The molecule has 1 heterocycles. The Bertz CT molecular complexity index is 898. The predicted molar refractivity (Wildman–Crippen MR) is 72.1 cm³/mol. The van der Waals surface area contributed by atoms with Crippen molar-refractivity contribution in [1.82, 2.24) is 4.57 Å².